The Kier molecular flexibility index (Phi) is 7.09. The van der Waals surface area contributed by atoms with Gasteiger partial charge in [-0.1, -0.05) is 53.5 Å². The second kappa shape index (κ2) is 9.30. The molecular weight excluding hydrogens is 347 g/mol. The molecule has 2 aromatic carbocycles. The lowest BCUT2D eigenvalue weighted by Crippen LogP contribution is -2.32. The fourth-order valence-electron chi connectivity index (χ4n) is 2.10. The summed E-state index contributed by atoms with van der Waals surface area (Å²) in [5.41, 5.74) is 1.89. The van der Waals surface area contributed by atoms with Gasteiger partial charge in [0.1, 0.15) is 6.42 Å². The molecule has 0 radical (unpaired) electrons. The van der Waals surface area contributed by atoms with Crippen LogP contribution in [-0.2, 0) is 22.6 Å². The zero-order valence-corrected chi connectivity index (χ0v) is 14.5. The van der Waals surface area contributed by atoms with Gasteiger partial charge < -0.3 is 10.6 Å². The van der Waals surface area contributed by atoms with E-state index >= 15 is 0 Å². The van der Waals surface area contributed by atoms with E-state index < -0.39 is 0 Å². The molecule has 2 amide bonds. The summed E-state index contributed by atoms with van der Waals surface area (Å²) >= 11 is 11.8. The van der Waals surface area contributed by atoms with Crippen LogP contribution in [0.3, 0.4) is 0 Å². The van der Waals surface area contributed by atoms with E-state index in [2.05, 4.69) is 10.6 Å². The highest BCUT2D eigenvalue weighted by atomic mass is 35.5. The Hall–Kier alpha value is -2.04. The Morgan fingerprint density at radius 3 is 2.25 bits per heavy atom. The Bertz CT molecular complexity index is 702. The van der Waals surface area contributed by atoms with Gasteiger partial charge >= 0.3 is 0 Å². The summed E-state index contributed by atoms with van der Waals surface area (Å²) in [6.07, 6.45) is 0.481. The monoisotopic (exact) mass is 364 g/mol. The second-order valence-electron chi connectivity index (χ2n) is 5.27. The van der Waals surface area contributed by atoms with Crippen molar-refractivity contribution in [1.82, 2.24) is 10.6 Å². The number of rotatable bonds is 7. The van der Waals surface area contributed by atoms with Gasteiger partial charge in [-0.15, -0.1) is 0 Å². The van der Waals surface area contributed by atoms with E-state index in [1.54, 1.807) is 18.2 Å². The highest BCUT2D eigenvalue weighted by Crippen LogP contribution is 2.14. The lowest BCUT2D eigenvalue weighted by Gasteiger charge is -2.08. The van der Waals surface area contributed by atoms with Crippen LogP contribution < -0.4 is 10.6 Å². The number of nitrogens with one attached hydrogen (secondary N) is 2. The van der Waals surface area contributed by atoms with Crippen LogP contribution in [0.1, 0.15) is 17.5 Å². The topological polar surface area (TPSA) is 58.2 Å². The Labute approximate surface area is 151 Å². The average molecular weight is 365 g/mol. The number of carbonyl (C=O) groups is 2. The molecule has 24 heavy (non-hydrogen) atoms. The van der Waals surface area contributed by atoms with Crippen molar-refractivity contribution in [3.8, 4) is 0 Å². The zero-order chi connectivity index (χ0) is 17.4. The highest BCUT2D eigenvalue weighted by molar-refractivity contribution is 6.31. The maximum Gasteiger partial charge on any atom is 0.229 e. The lowest BCUT2D eigenvalue weighted by atomic mass is 10.1. The molecule has 0 aliphatic rings. The maximum atomic E-state index is 11.8. The third-order valence-corrected chi connectivity index (χ3v) is 4.02. The molecule has 0 atom stereocenters. The molecule has 0 spiro atoms. The fourth-order valence-corrected chi connectivity index (χ4v) is 2.43. The van der Waals surface area contributed by atoms with E-state index in [-0.39, 0.29) is 18.2 Å². The van der Waals surface area contributed by atoms with E-state index in [9.17, 15) is 9.59 Å². The summed E-state index contributed by atoms with van der Waals surface area (Å²) in [5, 5.41) is 6.68. The summed E-state index contributed by atoms with van der Waals surface area (Å²) in [5.74, 6) is -0.639. The zero-order valence-electron chi connectivity index (χ0n) is 13.0. The summed E-state index contributed by atoms with van der Waals surface area (Å²) in [4.78, 5) is 23.5. The minimum Gasteiger partial charge on any atom is -0.355 e. The minimum absolute atomic E-state index is 0.203. The summed E-state index contributed by atoms with van der Waals surface area (Å²) < 4.78 is 0. The molecule has 2 N–H and O–H groups in total. The van der Waals surface area contributed by atoms with Crippen LogP contribution in [0.2, 0.25) is 10.0 Å². The SMILES string of the molecule is O=C(CC(=O)NCc1ccccc1Cl)NCCc1ccc(Cl)cc1. The van der Waals surface area contributed by atoms with Crippen molar-refractivity contribution in [1.29, 1.82) is 0 Å². The van der Waals surface area contributed by atoms with Gasteiger partial charge in [0.25, 0.3) is 0 Å². The van der Waals surface area contributed by atoms with Gasteiger partial charge in [0.05, 0.1) is 0 Å². The van der Waals surface area contributed by atoms with Crippen molar-refractivity contribution >= 4 is 35.0 Å². The molecule has 2 rings (SSSR count). The molecular formula is C18H18Cl2N2O2. The van der Waals surface area contributed by atoms with Crippen molar-refractivity contribution in [2.75, 3.05) is 6.54 Å². The molecule has 2 aromatic rings. The van der Waals surface area contributed by atoms with Gasteiger partial charge in [-0.05, 0) is 35.7 Å². The summed E-state index contributed by atoms with van der Waals surface area (Å²) in [6, 6.07) is 14.7. The van der Waals surface area contributed by atoms with E-state index in [1.165, 1.54) is 0 Å². The van der Waals surface area contributed by atoms with Crippen LogP contribution in [0, 0.1) is 0 Å². The molecule has 0 saturated heterocycles. The normalized spacial score (nSPS) is 10.2. The molecule has 0 aliphatic carbocycles. The number of hydrogen-bond donors (Lipinski definition) is 2. The maximum absolute atomic E-state index is 11.8. The molecule has 126 valence electrons. The van der Waals surface area contributed by atoms with Gasteiger partial charge in [0, 0.05) is 23.1 Å². The van der Waals surface area contributed by atoms with Gasteiger partial charge in [-0.3, -0.25) is 9.59 Å². The van der Waals surface area contributed by atoms with Gasteiger partial charge in [-0.25, -0.2) is 0 Å². The predicted octanol–water partition coefficient (Wildman–Crippen LogP) is 3.36. The number of halogens is 2. The van der Waals surface area contributed by atoms with Crippen molar-refractivity contribution in [3.05, 3.63) is 69.7 Å². The van der Waals surface area contributed by atoms with Crippen molar-refractivity contribution in [2.45, 2.75) is 19.4 Å². The smallest absolute Gasteiger partial charge is 0.229 e. The molecule has 0 aromatic heterocycles. The first-order valence-corrected chi connectivity index (χ1v) is 8.31. The van der Waals surface area contributed by atoms with Crippen LogP contribution >= 0.6 is 23.2 Å². The van der Waals surface area contributed by atoms with Gasteiger partial charge in [0.2, 0.25) is 11.8 Å². The van der Waals surface area contributed by atoms with E-state index in [4.69, 9.17) is 23.2 Å². The predicted molar refractivity (Wildman–Crippen MR) is 96.1 cm³/mol. The third-order valence-electron chi connectivity index (χ3n) is 3.40. The largest absolute Gasteiger partial charge is 0.355 e. The summed E-state index contributed by atoms with van der Waals surface area (Å²) in [7, 11) is 0. The third kappa shape index (κ3) is 6.22. The van der Waals surface area contributed by atoms with Crippen molar-refractivity contribution < 1.29 is 9.59 Å². The fraction of sp³-hybridized carbons (Fsp3) is 0.222. The van der Waals surface area contributed by atoms with Gasteiger partial charge in [-0.2, -0.15) is 0 Å². The first-order valence-electron chi connectivity index (χ1n) is 7.56. The molecule has 4 nitrogen and oxygen atoms in total. The molecule has 0 bridgehead atoms. The molecule has 6 heteroatoms. The van der Waals surface area contributed by atoms with Crippen LogP contribution in [0.25, 0.3) is 0 Å². The van der Waals surface area contributed by atoms with E-state index in [0.29, 0.717) is 29.6 Å². The standard InChI is InChI=1S/C18H18Cl2N2O2/c19-15-7-5-13(6-8-15)9-10-21-17(23)11-18(24)22-12-14-3-1-2-4-16(14)20/h1-8H,9-12H2,(H,21,23)(H,22,24). The number of hydrogen-bond acceptors (Lipinski definition) is 2. The van der Waals surface area contributed by atoms with E-state index in [0.717, 1.165) is 11.1 Å². The first-order chi connectivity index (χ1) is 11.5. The van der Waals surface area contributed by atoms with E-state index in [1.807, 2.05) is 30.3 Å². The average Bonchev–Trinajstić information content (AvgIpc) is 2.56. The quantitative estimate of drug-likeness (QED) is 0.740. The minimum atomic E-state index is -0.334. The number of amides is 2. The molecule has 0 saturated carbocycles. The lowest BCUT2D eigenvalue weighted by molar-refractivity contribution is -0.129. The molecule has 0 aliphatic heterocycles. The molecule has 0 heterocycles. The second-order valence-corrected chi connectivity index (χ2v) is 6.11. The number of benzene rings is 2. The van der Waals surface area contributed by atoms with Crippen LogP contribution in [0.4, 0.5) is 0 Å². The van der Waals surface area contributed by atoms with Gasteiger partial charge in [0.15, 0.2) is 0 Å². The summed E-state index contributed by atoms with van der Waals surface area (Å²) in [6.45, 7) is 0.773. The molecule has 0 fully saturated rings. The van der Waals surface area contributed by atoms with Crippen LogP contribution in [-0.4, -0.2) is 18.4 Å². The van der Waals surface area contributed by atoms with Crippen LogP contribution in [0.15, 0.2) is 48.5 Å². The Morgan fingerprint density at radius 1 is 0.875 bits per heavy atom. The Balaban J connectivity index is 1.67. The van der Waals surface area contributed by atoms with Crippen LogP contribution in [0.5, 0.6) is 0 Å². The van der Waals surface area contributed by atoms with Crippen molar-refractivity contribution in [2.24, 2.45) is 0 Å². The first kappa shape index (κ1) is 18.3. The number of carbonyl (C=O) groups excluding carboxylic acids is 2. The Morgan fingerprint density at radius 2 is 1.54 bits per heavy atom. The molecule has 0 unspecified atom stereocenters. The van der Waals surface area contributed by atoms with Crippen molar-refractivity contribution in [3.63, 3.8) is 0 Å². The highest BCUT2D eigenvalue weighted by Gasteiger charge is 2.09.